The van der Waals surface area contributed by atoms with E-state index in [1.165, 1.54) is 42.5 Å². The number of nitro benzene ring substituents is 2. The molecule has 2 rings (SSSR count). The third-order valence-corrected chi connectivity index (χ3v) is 2.56. The number of nitrogens with zero attached hydrogens (tertiary/aromatic N) is 2. The van der Waals surface area contributed by atoms with E-state index in [1.807, 2.05) is 5.48 Å². The number of anilines is 1. The molecular weight excluding hydrogens is 282 g/mol. The molecule has 0 saturated heterocycles. The Balaban J connectivity index is 2.33. The maximum Gasteiger partial charge on any atom is 0.311 e. The summed E-state index contributed by atoms with van der Waals surface area (Å²) in [4.78, 5) is 20.2. The van der Waals surface area contributed by atoms with E-state index >= 15 is 0 Å². The lowest BCUT2D eigenvalue weighted by Gasteiger charge is -2.07. The first-order chi connectivity index (χ1) is 10.0. The molecule has 0 atom stereocenters. The number of ether oxygens (including phenoxy) is 1. The summed E-state index contributed by atoms with van der Waals surface area (Å²) in [6, 6.07) is 8.78. The normalized spacial score (nSPS) is 9.95. The van der Waals surface area contributed by atoms with Crippen LogP contribution in [0.25, 0.3) is 0 Å². The Kier molecular flexibility index (Phi) is 3.95. The van der Waals surface area contributed by atoms with Crippen LogP contribution in [0.15, 0.2) is 42.5 Å². The summed E-state index contributed by atoms with van der Waals surface area (Å²) in [5, 5.41) is 30.2. The third kappa shape index (κ3) is 3.22. The molecule has 21 heavy (non-hydrogen) atoms. The van der Waals surface area contributed by atoms with Gasteiger partial charge in [-0.3, -0.25) is 30.9 Å². The number of nitro groups is 2. The van der Waals surface area contributed by atoms with E-state index < -0.39 is 9.85 Å². The van der Waals surface area contributed by atoms with Gasteiger partial charge in [-0.2, -0.15) is 0 Å². The zero-order valence-corrected chi connectivity index (χ0v) is 10.4. The smallest absolute Gasteiger partial charge is 0.311 e. The minimum Gasteiger partial charge on any atom is -0.450 e. The molecule has 0 heterocycles. The first-order valence-corrected chi connectivity index (χ1v) is 5.62. The minimum absolute atomic E-state index is 0.104. The molecule has 2 aromatic carbocycles. The second kappa shape index (κ2) is 5.84. The Hall–Kier alpha value is -3.20. The van der Waals surface area contributed by atoms with Crippen molar-refractivity contribution in [2.45, 2.75) is 0 Å². The van der Waals surface area contributed by atoms with Crippen molar-refractivity contribution in [3.63, 3.8) is 0 Å². The van der Waals surface area contributed by atoms with Crippen LogP contribution in [0.3, 0.4) is 0 Å². The molecule has 0 unspecified atom stereocenters. The lowest BCUT2D eigenvalue weighted by Crippen LogP contribution is -1.96. The molecule has 0 bridgehead atoms. The molecule has 108 valence electrons. The van der Waals surface area contributed by atoms with Gasteiger partial charge in [-0.05, 0) is 18.2 Å². The molecule has 0 amide bonds. The standard InChI is InChI=1S/C12H9N3O6/c16-13-8-1-6-11(15(19)20)12(7-8)21-10-4-2-9(3-5-10)14(17)18/h1-7,13,16H. The molecule has 0 spiro atoms. The van der Waals surface area contributed by atoms with Crippen LogP contribution < -0.4 is 10.2 Å². The number of rotatable bonds is 5. The summed E-state index contributed by atoms with van der Waals surface area (Å²) < 4.78 is 5.33. The fourth-order valence-corrected chi connectivity index (χ4v) is 1.58. The fraction of sp³-hybridized carbons (Fsp3) is 0. The molecule has 9 nitrogen and oxygen atoms in total. The Morgan fingerprint density at radius 2 is 1.67 bits per heavy atom. The van der Waals surface area contributed by atoms with Gasteiger partial charge in [0.2, 0.25) is 5.75 Å². The minimum atomic E-state index is -0.637. The third-order valence-electron chi connectivity index (χ3n) is 2.56. The van der Waals surface area contributed by atoms with Crippen LogP contribution in [-0.2, 0) is 0 Å². The molecule has 2 aromatic rings. The van der Waals surface area contributed by atoms with Crippen molar-refractivity contribution < 1.29 is 19.8 Å². The van der Waals surface area contributed by atoms with Gasteiger partial charge in [0.1, 0.15) is 5.75 Å². The highest BCUT2D eigenvalue weighted by molar-refractivity contribution is 5.58. The van der Waals surface area contributed by atoms with Crippen LogP contribution >= 0.6 is 0 Å². The molecule has 0 aliphatic heterocycles. The molecular formula is C12H9N3O6. The van der Waals surface area contributed by atoms with Crippen molar-refractivity contribution in [2.24, 2.45) is 0 Å². The number of nitrogens with one attached hydrogen (secondary N) is 1. The SMILES string of the molecule is O=[N+]([O-])c1ccc(Oc2cc(NO)ccc2[N+](=O)[O-])cc1. The zero-order chi connectivity index (χ0) is 15.4. The predicted molar refractivity (Wildman–Crippen MR) is 71.7 cm³/mol. The molecule has 0 aromatic heterocycles. The first kappa shape index (κ1) is 14.2. The van der Waals surface area contributed by atoms with E-state index in [9.17, 15) is 20.2 Å². The van der Waals surface area contributed by atoms with Gasteiger partial charge in [0.15, 0.2) is 0 Å². The molecule has 0 aliphatic rings. The van der Waals surface area contributed by atoms with E-state index in [0.717, 1.165) is 0 Å². The van der Waals surface area contributed by atoms with Crippen molar-refractivity contribution in [2.75, 3.05) is 5.48 Å². The molecule has 0 radical (unpaired) electrons. The monoisotopic (exact) mass is 291 g/mol. The lowest BCUT2D eigenvalue weighted by atomic mass is 10.2. The molecule has 0 fully saturated rings. The van der Waals surface area contributed by atoms with E-state index in [0.29, 0.717) is 0 Å². The molecule has 0 saturated carbocycles. The van der Waals surface area contributed by atoms with Crippen LogP contribution in [0.4, 0.5) is 17.1 Å². The highest BCUT2D eigenvalue weighted by atomic mass is 16.6. The molecule has 9 heteroatoms. The Morgan fingerprint density at radius 3 is 2.19 bits per heavy atom. The quantitative estimate of drug-likeness (QED) is 0.639. The van der Waals surface area contributed by atoms with Crippen molar-refractivity contribution in [3.8, 4) is 11.5 Å². The summed E-state index contributed by atoms with van der Waals surface area (Å²) in [5.41, 5.74) is 1.64. The van der Waals surface area contributed by atoms with Crippen molar-refractivity contribution in [1.82, 2.24) is 0 Å². The topological polar surface area (TPSA) is 128 Å². The summed E-state index contributed by atoms with van der Waals surface area (Å²) >= 11 is 0. The average molecular weight is 291 g/mol. The molecule has 0 aliphatic carbocycles. The van der Waals surface area contributed by atoms with Crippen LogP contribution in [0, 0.1) is 20.2 Å². The second-order valence-corrected chi connectivity index (χ2v) is 3.90. The number of benzene rings is 2. The summed E-state index contributed by atoms with van der Waals surface area (Å²) in [7, 11) is 0. The zero-order valence-electron chi connectivity index (χ0n) is 10.4. The van der Waals surface area contributed by atoms with Gasteiger partial charge < -0.3 is 4.74 Å². The average Bonchev–Trinajstić information content (AvgIpc) is 2.47. The summed E-state index contributed by atoms with van der Waals surface area (Å²) in [5.74, 6) is 0.0895. The first-order valence-electron chi connectivity index (χ1n) is 5.62. The second-order valence-electron chi connectivity index (χ2n) is 3.90. The van der Waals surface area contributed by atoms with Gasteiger partial charge in [-0.1, -0.05) is 0 Å². The Bertz CT molecular complexity index is 686. The fourth-order valence-electron chi connectivity index (χ4n) is 1.58. The van der Waals surface area contributed by atoms with E-state index in [-0.39, 0.29) is 28.6 Å². The maximum absolute atomic E-state index is 10.9. The van der Waals surface area contributed by atoms with E-state index in [4.69, 9.17) is 9.94 Å². The largest absolute Gasteiger partial charge is 0.450 e. The summed E-state index contributed by atoms with van der Waals surface area (Å²) in [6.45, 7) is 0. The summed E-state index contributed by atoms with van der Waals surface area (Å²) in [6.07, 6.45) is 0. The van der Waals surface area contributed by atoms with Gasteiger partial charge in [0.05, 0.1) is 15.5 Å². The number of hydrogen-bond acceptors (Lipinski definition) is 7. The van der Waals surface area contributed by atoms with Crippen molar-refractivity contribution >= 4 is 17.1 Å². The van der Waals surface area contributed by atoms with Crippen molar-refractivity contribution in [3.05, 3.63) is 62.7 Å². The van der Waals surface area contributed by atoms with Gasteiger partial charge in [-0.25, -0.2) is 0 Å². The highest BCUT2D eigenvalue weighted by Crippen LogP contribution is 2.34. The van der Waals surface area contributed by atoms with Crippen LogP contribution in [0.2, 0.25) is 0 Å². The Morgan fingerprint density at radius 1 is 1.00 bits per heavy atom. The van der Waals surface area contributed by atoms with Crippen LogP contribution in [-0.4, -0.2) is 15.1 Å². The van der Waals surface area contributed by atoms with Crippen molar-refractivity contribution in [1.29, 1.82) is 0 Å². The maximum atomic E-state index is 10.9. The Labute approximate surface area is 117 Å². The van der Waals surface area contributed by atoms with E-state index in [1.54, 1.807) is 0 Å². The predicted octanol–water partition coefficient (Wildman–Crippen LogP) is 3.10. The van der Waals surface area contributed by atoms with Gasteiger partial charge >= 0.3 is 5.69 Å². The van der Waals surface area contributed by atoms with Crippen LogP contribution in [0.1, 0.15) is 0 Å². The lowest BCUT2D eigenvalue weighted by molar-refractivity contribution is -0.385. The van der Waals surface area contributed by atoms with Crippen LogP contribution in [0.5, 0.6) is 11.5 Å². The van der Waals surface area contributed by atoms with Gasteiger partial charge in [0.25, 0.3) is 5.69 Å². The number of hydrogen-bond donors (Lipinski definition) is 2. The highest BCUT2D eigenvalue weighted by Gasteiger charge is 2.17. The number of non-ortho nitro benzene ring substituents is 1. The van der Waals surface area contributed by atoms with Gasteiger partial charge in [0, 0.05) is 24.3 Å². The van der Waals surface area contributed by atoms with Gasteiger partial charge in [-0.15, -0.1) is 0 Å². The van der Waals surface area contributed by atoms with E-state index in [2.05, 4.69) is 0 Å². The molecule has 2 N–H and O–H groups in total.